The zero-order valence-corrected chi connectivity index (χ0v) is 8.15. The van der Waals surface area contributed by atoms with E-state index in [-0.39, 0.29) is 11.9 Å². The first-order valence-corrected chi connectivity index (χ1v) is 5.08. The Morgan fingerprint density at radius 3 is 3.20 bits per heavy atom. The number of nitrogens with zero attached hydrogens (tertiary/aromatic N) is 3. The number of pyridine rings is 1. The minimum atomic E-state index is -0.293. The topological polar surface area (TPSA) is 42.2 Å². The molecular weight excluding hydrogens is 195 g/mol. The Labute approximate surface area is 86.1 Å². The lowest BCUT2D eigenvalue weighted by Gasteiger charge is -2.02. The van der Waals surface area contributed by atoms with Crippen LogP contribution in [0.2, 0.25) is 0 Å². The average molecular weight is 206 g/mol. The van der Waals surface area contributed by atoms with Crippen LogP contribution in [0, 0.1) is 5.82 Å². The summed E-state index contributed by atoms with van der Waals surface area (Å²) in [5, 5.41) is 7.57. The third-order valence-electron chi connectivity index (χ3n) is 2.68. The van der Waals surface area contributed by atoms with Gasteiger partial charge in [0.1, 0.15) is 5.82 Å². The van der Waals surface area contributed by atoms with Crippen LogP contribution in [-0.2, 0) is 0 Å². The molecule has 5 heteroatoms. The highest BCUT2D eigenvalue weighted by molar-refractivity contribution is 5.37. The number of aromatic nitrogens is 3. The van der Waals surface area contributed by atoms with E-state index >= 15 is 0 Å². The van der Waals surface area contributed by atoms with Crippen LogP contribution in [0.4, 0.5) is 4.39 Å². The summed E-state index contributed by atoms with van der Waals surface area (Å²) in [5.74, 6) is 0.469. The summed E-state index contributed by atoms with van der Waals surface area (Å²) >= 11 is 0. The van der Waals surface area contributed by atoms with Gasteiger partial charge in [0.05, 0.1) is 12.2 Å². The van der Waals surface area contributed by atoms with Gasteiger partial charge in [-0.05, 0) is 31.5 Å². The van der Waals surface area contributed by atoms with Gasteiger partial charge in [-0.25, -0.2) is 13.9 Å². The quantitative estimate of drug-likeness (QED) is 0.764. The fourth-order valence-electron chi connectivity index (χ4n) is 1.93. The maximum Gasteiger partial charge on any atom is 0.168 e. The molecule has 15 heavy (non-hydrogen) atoms. The molecule has 0 saturated carbocycles. The van der Waals surface area contributed by atoms with E-state index < -0.39 is 0 Å². The maximum atomic E-state index is 12.9. The average Bonchev–Trinajstić information content (AvgIpc) is 2.84. The molecule has 1 saturated heterocycles. The van der Waals surface area contributed by atoms with Gasteiger partial charge in [0, 0.05) is 0 Å². The van der Waals surface area contributed by atoms with Crippen molar-refractivity contribution < 1.29 is 4.39 Å². The second-order valence-corrected chi connectivity index (χ2v) is 3.77. The molecule has 3 heterocycles. The van der Waals surface area contributed by atoms with E-state index in [9.17, 15) is 4.39 Å². The van der Waals surface area contributed by atoms with Crippen LogP contribution in [0.15, 0.2) is 18.3 Å². The first-order chi connectivity index (χ1) is 7.33. The van der Waals surface area contributed by atoms with Crippen LogP contribution >= 0.6 is 0 Å². The zero-order valence-electron chi connectivity index (χ0n) is 8.15. The Morgan fingerprint density at radius 2 is 2.40 bits per heavy atom. The zero-order chi connectivity index (χ0) is 10.3. The molecule has 0 aromatic carbocycles. The van der Waals surface area contributed by atoms with Crippen molar-refractivity contribution in [3.8, 4) is 0 Å². The van der Waals surface area contributed by atoms with Crippen molar-refractivity contribution in [2.75, 3.05) is 6.54 Å². The number of hydrogen-bond acceptors (Lipinski definition) is 3. The number of halogens is 1. The van der Waals surface area contributed by atoms with Crippen LogP contribution in [0.3, 0.4) is 0 Å². The lowest BCUT2D eigenvalue weighted by molar-refractivity contribution is 0.595. The van der Waals surface area contributed by atoms with E-state index in [0.29, 0.717) is 5.65 Å². The molecule has 0 spiro atoms. The van der Waals surface area contributed by atoms with Crippen molar-refractivity contribution >= 4 is 5.65 Å². The monoisotopic (exact) mass is 206 g/mol. The fourth-order valence-corrected chi connectivity index (χ4v) is 1.93. The van der Waals surface area contributed by atoms with E-state index in [0.717, 1.165) is 25.2 Å². The molecule has 1 atom stereocenters. The van der Waals surface area contributed by atoms with Gasteiger partial charge in [0.15, 0.2) is 11.5 Å². The van der Waals surface area contributed by atoms with E-state index in [1.807, 2.05) is 0 Å². The SMILES string of the molecule is Fc1ccc2nc(C3CCCN3)nn2c1. The second kappa shape index (κ2) is 3.27. The Balaban J connectivity index is 2.05. The van der Waals surface area contributed by atoms with Gasteiger partial charge in [0.25, 0.3) is 0 Å². The summed E-state index contributed by atoms with van der Waals surface area (Å²) in [7, 11) is 0. The summed E-state index contributed by atoms with van der Waals surface area (Å²) < 4.78 is 14.4. The van der Waals surface area contributed by atoms with E-state index in [4.69, 9.17) is 0 Å². The molecule has 0 aliphatic carbocycles. The molecule has 1 N–H and O–H groups in total. The first-order valence-electron chi connectivity index (χ1n) is 5.08. The molecule has 0 amide bonds. The van der Waals surface area contributed by atoms with Gasteiger partial charge in [-0.15, -0.1) is 5.10 Å². The highest BCUT2D eigenvalue weighted by Crippen LogP contribution is 2.20. The molecule has 4 nitrogen and oxygen atoms in total. The molecule has 1 aliphatic rings. The number of rotatable bonds is 1. The number of hydrogen-bond donors (Lipinski definition) is 1. The van der Waals surface area contributed by atoms with Crippen LogP contribution in [0.1, 0.15) is 24.7 Å². The Bertz CT molecular complexity index is 487. The predicted molar refractivity (Wildman–Crippen MR) is 52.9 cm³/mol. The van der Waals surface area contributed by atoms with Gasteiger partial charge in [-0.3, -0.25) is 0 Å². The Morgan fingerprint density at radius 1 is 1.47 bits per heavy atom. The Hall–Kier alpha value is -1.49. The van der Waals surface area contributed by atoms with Gasteiger partial charge in [-0.1, -0.05) is 0 Å². The van der Waals surface area contributed by atoms with Gasteiger partial charge in [-0.2, -0.15) is 0 Å². The smallest absolute Gasteiger partial charge is 0.168 e. The van der Waals surface area contributed by atoms with Crippen molar-refractivity contribution in [2.24, 2.45) is 0 Å². The van der Waals surface area contributed by atoms with Crippen LogP contribution in [0.5, 0.6) is 0 Å². The van der Waals surface area contributed by atoms with E-state index in [1.165, 1.54) is 16.8 Å². The van der Waals surface area contributed by atoms with E-state index in [1.54, 1.807) is 6.07 Å². The fraction of sp³-hybridized carbons (Fsp3) is 0.400. The minimum absolute atomic E-state index is 0.230. The predicted octanol–water partition coefficient (Wildman–Crippen LogP) is 1.29. The maximum absolute atomic E-state index is 12.9. The van der Waals surface area contributed by atoms with Gasteiger partial charge >= 0.3 is 0 Å². The molecule has 0 bridgehead atoms. The van der Waals surface area contributed by atoms with Crippen LogP contribution in [-0.4, -0.2) is 21.1 Å². The highest BCUT2D eigenvalue weighted by atomic mass is 19.1. The number of nitrogens with one attached hydrogen (secondary N) is 1. The third kappa shape index (κ3) is 1.48. The summed E-state index contributed by atoms with van der Waals surface area (Å²) in [6, 6.07) is 3.27. The molecule has 2 aromatic rings. The standard InChI is InChI=1S/C10H11FN4/c11-7-3-4-9-13-10(14-15(9)6-7)8-2-1-5-12-8/h3-4,6,8,12H,1-2,5H2. The first kappa shape index (κ1) is 8.79. The van der Waals surface area contributed by atoms with Crippen molar-refractivity contribution in [3.63, 3.8) is 0 Å². The summed E-state index contributed by atoms with van der Waals surface area (Å²) in [4.78, 5) is 4.36. The van der Waals surface area contributed by atoms with Gasteiger partial charge < -0.3 is 5.32 Å². The molecule has 3 rings (SSSR count). The van der Waals surface area contributed by atoms with Crippen molar-refractivity contribution in [1.82, 2.24) is 19.9 Å². The third-order valence-corrected chi connectivity index (χ3v) is 2.68. The lowest BCUT2D eigenvalue weighted by atomic mass is 10.2. The molecule has 1 fully saturated rings. The van der Waals surface area contributed by atoms with Crippen molar-refractivity contribution in [2.45, 2.75) is 18.9 Å². The molecular formula is C10H11FN4. The summed E-state index contributed by atoms with van der Waals surface area (Å²) in [6.07, 6.45) is 3.55. The largest absolute Gasteiger partial charge is 0.307 e. The normalized spacial score (nSPS) is 21.3. The van der Waals surface area contributed by atoms with Crippen molar-refractivity contribution in [3.05, 3.63) is 30.0 Å². The number of fused-ring (bicyclic) bond motifs is 1. The van der Waals surface area contributed by atoms with Gasteiger partial charge in [0.2, 0.25) is 0 Å². The second-order valence-electron chi connectivity index (χ2n) is 3.77. The molecule has 78 valence electrons. The molecule has 1 unspecified atom stereocenters. The van der Waals surface area contributed by atoms with Crippen LogP contribution < -0.4 is 5.32 Å². The lowest BCUT2D eigenvalue weighted by Crippen LogP contribution is -2.14. The van der Waals surface area contributed by atoms with E-state index in [2.05, 4.69) is 15.4 Å². The summed E-state index contributed by atoms with van der Waals surface area (Å²) in [6.45, 7) is 1.01. The Kier molecular flexibility index (Phi) is 1.92. The summed E-state index contributed by atoms with van der Waals surface area (Å²) in [5.41, 5.74) is 0.695. The molecule has 0 radical (unpaired) electrons. The van der Waals surface area contributed by atoms with Crippen molar-refractivity contribution in [1.29, 1.82) is 0 Å². The minimum Gasteiger partial charge on any atom is -0.307 e. The molecule has 2 aromatic heterocycles. The molecule has 1 aliphatic heterocycles. The van der Waals surface area contributed by atoms with Crippen LogP contribution in [0.25, 0.3) is 5.65 Å². The highest BCUT2D eigenvalue weighted by Gasteiger charge is 2.20.